The Bertz CT molecular complexity index is 508. The van der Waals surface area contributed by atoms with Crippen LogP contribution in [0.15, 0.2) is 29.4 Å². The molecule has 0 aliphatic carbocycles. The Morgan fingerprint density at radius 2 is 1.94 bits per heavy atom. The average molecular weight is 276 g/mol. The second kappa shape index (κ2) is 5.51. The maximum atomic E-state index is 11.7. The minimum atomic E-state index is -3.29. The molecule has 0 heterocycles. The van der Waals surface area contributed by atoms with Gasteiger partial charge in [0.05, 0.1) is 0 Å². The summed E-state index contributed by atoms with van der Waals surface area (Å²) < 4.78 is 23.4. The van der Waals surface area contributed by atoms with Gasteiger partial charge in [0.25, 0.3) is 0 Å². The van der Waals surface area contributed by atoms with Crippen molar-refractivity contribution in [1.29, 1.82) is 0 Å². The molecule has 0 unspecified atom stereocenters. The Kier molecular flexibility index (Phi) is 4.54. The highest BCUT2D eigenvalue weighted by molar-refractivity contribution is 7.92. The third kappa shape index (κ3) is 3.20. The summed E-state index contributed by atoms with van der Waals surface area (Å²) in [6, 6.07) is 6.48. The van der Waals surface area contributed by atoms with E-state index in [4.69, 9.17) is 16.8 Å². The topological polar surface area (TPSA) is 66.7 Å². The smallest absolute Gasteiger partial charge is 0.158 e. The second-order valence-electron chi connectivity index (χ2n) is 3.59. The lowest BCUT2D eigenvalue weighted by molar-refractivity contribution is 0.318. The van der Waals surface area contributed by atoms with Gasteiger partial charge in [-0.2, -0.15) is 0 Å². The van der Waals surface area contributed by atoms with Crippen molar-refractivity contribution in [2.45, 2.75) is 19.1 Å². The normalized spacial score (nSPS) is 14.6. The zero-order chi connectivity index (χ0) is 13.1. The number of sulfone groups is 1. The first-order valence-corrected chi connectivity index (χ1v) is 7.21. The number of rotatable bonds is 4. The van der Waals surface area contributed by atoms with Crippen LogP contribution in [-0.4, -0.2) is 30.3 Å². The molecule has 1 aromatic carbocycles. The molecule has 6 heteroatoms. The van der Waals surface area contributed by atoms with Crippen molar-refractivity contribution >= 4 is 27.1 Å². The fourth-order valence-electron chi connectivity index (χ4n) is 1.41. The number of nitrogens with zero attached hydrogens (tertiary/aromatic N) is 1. The van der Waals surface area contributed by atoms with Crippen molar-refractivity contribution in [3.05, 3.63) is 34.9 Å². The van der Waals surface area contributed by atoms with Crippen molar-refractivity contribution in [2.24, 2.45) is 5.16 Å². The summed E-state index contributed by atoms with van der Waals surface area (Å²) in [6.45, 7) is 3.06. The van der Waals surface area contributed by atoms with Crippen LogP contribution in [0.3, 0.4) is 0 Å². The molecule has 1 N–H and O–H groups in total. The third-order valence-electron chi connectivity index (χ3n) is 2.57. The van der Waals surface area contributed by atoms with E-state index in [1.165, 1.54) is 6.92 Å². The van der Waals surface area contributed by atoms with Gasteiger partial charge in [0, 0.05) is 16.3 Å². The van der Waals surface area contributed by atoms with Gasteiger partial charge < -0.3 is 5.21 Å². The van der Waals surface area contributed by atoms with Crippen LogP contribution in [0.2, 0.25) is 5.02 Å². The summed E-state index contributed by atoms with van der Waals surface area (Å²) in [5, 5.41) is 11.8. The van der Waals surface area contributed by atoms with E-state index in [1.807, 2.05) is 0 Å². The van der Waals surface area contributed by atoms with Crippen molar-refractivity contribution in [1.82, 2.24) is 0 Å². The summed E-state index contributed by atoms with van der Waals surface area (Å²) in [5.74, 6) is 0.000770. The van der Waals surface area contributed by atoms with Crippen LogP contribution in [0, 0.1) is 0 Å². The van der Waals surface area contributed by atoms with E-state index < -0.39 is 15.1 Å². The van der Waals surface area contributed by atoms with Crippen LogP contribution >= 0.6 is 11.6 Å². The first-order valence-electron chi connectivity index (χ1n) is 5.11. The maximum Gasteiger partial charge on any atom is 0.158 e. The van der Waals surface area contributed by atoms with Crippen molar-refractivity contribution in [3.63, 3.8) is 0 Å². The maximum absolute atomic E-state index is 11.7. The number of hydrogen-bond acceptors (Lipinski definition) is 4. The average Bonchev–Trinajstić information content (AvgIpc) is 2.32. The van der Waals surface area contributed by atoms with E-state index in [1.54, 1.807) is 31.2 Å². The van der Waals surface area contributed by atoms with Crippen LogP contribution in [0.5, 0.6) is 0 Å². The van der Waals surface area contributed by atoms with E-state index in [-0.39, 0.29) is 11.5 Å². The van der Waals surface area contributed by atoms with Crippen LogP contribution in [0.25, 0.3) is 0 Å². The van der Waals surface area contributed by atoms with Crippen molar-refractivity contribution in [3.8, 4) is 0 Å². The molecule has 94 valence electrons. The van der Waals surface area contributed by atoms with Gasteiger partial charge in [0.15, 0.2) is 9.84 Å². The molecule has 0 aromatic heterocycles. The minimum absolute atomic E-state index is 0.000770. The van der Waals surface area contributed by atoms with Gasteiger partial charge in [-0.05, 0) is 19.1 Å². The molecule has 4 nitrogen and oxygen atoms in total. The lowest BCUT2D eigenvalue weighted by Gasteiger charge is -2.13. The minimum Gasteiger partial charge on any atom is -0.411 e. The molecule has 17 heavy (non-hydrogen) atoms. The molecule has 1 rings (SSSR count). The molecular formula is C11H14ClNO3S. The highest BCUT2D eigenvalue weighted by Crippen LogP contribution is 2.15. The Hall–Kier alpha value is -1.07. The molecule has 0 spiro atoms. The molecule has 0 fully saturated rings. The summed E-state index contributed by atoms with van der Waals surface area (Å²) in [7, 11) is -3.29. The first-order chi connectivity index (χ1) is 7.92. The molecule has 0 radical (unpaired) electrons. The second-order valence-corrected chi connectivity index (χ2v) is 6.63. The SMILES string of the molecule is CCS(=O)(=O)[C@@H](C)/C(=N\O)c1ccc(Cl)cc1. The molecule has 1 aromatic rings. The van der Waals surface area contributed by atoms with E-state index in [2.05, 4.69) is 5.16 Å². The fraction of sp³-hybridized carbons (Fsp3) is 0.364. The monoisotopic (exact) mass is 275 g/mol. The van der Waals surface area contributed by atoms with Crippen molar-refractivity contribution in [2.75, 3.05) is 5.75 Å². The van der Waals surface area contributed by atoms with E-state index >= 15 is 0 Å². The standard InChI is InChI=1S/C11H14ClNO3S/c1-3-17(15,16)8(2)11(13-14)9-4-6-10(12)7-5-9/h4-8,14H,3H2,1-2H3/b13-11+/t8-/m0/s1. The molecule has 1 atom stereocenters. The molecule has 0 saturated carbocycles. The summed E-state index contributed by atoms with van der Waals surface area (Å²) in [5.41, 5.74) is 0.671. The largest absolute Gasteiger partial charge is 0.411 e. The Morgan fingerprint density at radius 1 is 1.41 bits per heavy atom. The third-order valence-corrected chi connectivity index (χ3v) is 4.93. The van der Waals surface area contributed by atoms with E-state index in [0.29, 0.717) is 10.6 Å². The Balaban J connectivity index is 3.14. The predicted molar refractivity (Wildman–Crippen MR) is 68.7 cm³/mol. The number of hydrogen-bond donors (Lipinski definition) is 1. The molecule has 0 amide bonds. The molecular weight excluding hydrogens is 262 g/mol. The van der Waals surface area contributed by atoms with Crippen LogP contribution in [-0.2, 0) is 9.84 Å². The highest BCUT2D eigenvalue weighted by Gasteiger charge is 2.25. The highest BCUT2D eigenvalue weighted by atomic mass is 35.5. The quantitative estimate of drug-likeness (QED) is 0.521. The van der Waals surface area contributed by atoms with Crippen LogP contribution < -0.4 is 0 Å². The summed E-state index contributed by atoms with van der Waals surface area (Å²) in [4.78, 5) is 0. The number of oxime groups is 1. The van der Waals surface area contributed by atoms with Gasteiger partial charge >= 0.3 is 0 Å². The van der Waals surface area contributed by atoms with Crippen molar-refractivity contribution < 1.29 is 13.6 Å². The van der Waals surface area contributed by atoms with Gasteiger partial charge in [0.1, 0.15) is 11.0 Å². The van der Waals surface area contributed by atoms with Gasteiger partial charge in [-0.3, -0.25) is 0 Å². The number of halogens is 1. The zero-order valence-corrected chi connectivity index (χ0v) is 11.2. The molecule has 0 saturated heterocycles. The lowest BCUT2D eigenvalue weighted by atomic mass is 10.1. The van der Waals surface area contributed by atoms with Gasteiger partial charge in [-0.1, -0.05) is 35.8 Å². The summed E-state index contributed by atoms with van der Waals surface area (Å²) >= 11 is 5.74. The predicted octanol–water partition coefficient (Wildman–Crippen LogP) is 2.34. The van der Waals surface area contributed by atoms with Crippen LogP contribution in [0.1, 0.15) is 19.4 Å². The molecule has 0 aliphatic heterocycles. The molecule has 0 bridgehead atoms. The zero-order valence-electron chi connectivity index (χ0n) is 9.59. The first kappa shape index (κ1) is 14.0. The Labute approximate surface area is 106 Å². The lowest BCUT2D eigenvalue weighted by Crippen LogP contribution is -2.29. The molecule has 0 aliphatic rings. The van der Waals surface area contributed by atoms with Crippen LogP contribution in [0.4, 0.5) is 0 Å². The van der Waals surface area contributed by atoms with Gasteiger partial charge in [-0.25, -0.2) is 8.42 Å². The van der Waals surface area contributed by atoms with Gasteiger partial charge in [0.2, 0.25) is 0 Å². The number of benzene rings is 1. The van der Waals surface area contributed by atoms with Gasteiger partial charge in [-0.15, -0.1) is 0 Å². The Morgan fingerprint density at radius 3 is 2.35 bits per heavy atom. The van der Waals surface area contributed by atoms with E-state index in [9.17, 15) is 8.42 Å². The fourth-order valence-corrected chi connectivity index (χ4v) is 2.56. The van der Waals surface area contributed by atoms with E-state index in [0.717, 1.165) is 0 Å². The summed E-state index contributed by atoms with van der Waals surface area (Å²) in [6.07, 6.45) is 0.